The fourth-order valence-corrected chi connectivity index (χ4v) is 3.53. The quantitative estimate of drug-likeness (QED) is 0.878. The van der Waals surface area contributed by atoms with Gasteiger partial charge in [-0.2, -0.15) is 0 Å². The van der Waals surface area contributed by atoms with Gasteiger partial charge < -0.3 is 20.1 Å². The number of ether oxygens (including phenoxy) is 1. The van der Waals surface area contributed by atoms with Crippen LogP contribution >= 0.6 is 0 Å². The SMILES string of the molecule is CCCN1CC(CC)Oc2ccc(C(O)C3CCCN3)cc21. The minimum atomic E-state index is -0.430. The molecule has 0 aliphatic carbocycles. The van der Waals surface area contributed by atoms with Crippen LogP contribution in [0.15, 0.2) is 18.2 Å². The van der Waals surface area contributed by atoms with Crippen molar-refractivity contribution in [3.63, 3.8) is 0 Å². The van der Waals surface area contributed by atoms with E-state index in [1.165, 1.54) is 0 Å². The lowest BCUT2D eigenvalue weighted by molar-refractivity contribution is 0.137. The highest BCUT2D eigenvalue weighted by Gasteiger charge is 2.28. The maximum absolute atomic E-state index is 10.6. The Labute approximate surface area is 133 Å². The number of aliphatic hydroxyl groups is 1. The molecule has 1 fully saturated rings. The van der Waals surface area contributed by atoms with Gasteiger partial charge in [0.2, 0.25) is 0 Å². The summed E-state index contributed by atoms with van der Waals surface area (Å²) in [4.78, 5) is 2.41. The maximum Gasteiger partial charge on any atom is 0.143 e. The van der Waals surface area contributed by atoms with Crippen molar-refractivity contribution in [2.24, 2.45) is 0 Å². The fraction of sp³-hybridized carbons (Fsp3) is 0.667. The van der Waals surface area contributed by atoms with Crippen molar-refractivity contribution < 1.29 is 9.84 Å². The summed E-state index contributed by atoms with van der Waals surface area (Å²) in [6.45, 7) is 7.36. The normalized spacial score (nSPS) is 25.7. The number of hydrogen-bond donors (Lipinski definition) is 2. The predicted octanol–water partition coefficient (Wildman–Crippen LogP) is 2.86. The van der Waals surface area contributed by atoms with E-state index in [0.29, 0.717) is 0 Å². The second kappa shape index (κ2) is 6.88. The van der Waals surface area contributed by atoms with Crippen LogP contribution in [-0.4, -0.2) is 36.9 Å². The molecule has 0 aromatic heterocycles. The molecule has 0 spiro atoms. The number of nitrogens with one attached hydrogen (secondary N) is 1. The molecule has 2 aliphatic heterocycles. The molecule has 22 heavy (non-hydrogen) atoms. The highest BCUT2D eigenvalue weighted by molar-refractivity contribution is 5.62. The van der Waals surface area contributed by atoms with E-state index >= 15 is 0 Å². The summed E-state index contributed by atoms with van der Waals surface area (Å²) in [5.41, 5.74) is 2.14. The molecule has 0 bridgehead atoms. The van der Waals surface area contributed by atoms with E-state index in [4.69, 9.17) is 4.74 Å². The topological polar surface area (TPSA) is 44.7 Å². The minimum absolute atomic E-state index is 0.186. The largest absolute Gasteiger partial charge is 0.486 e. The monoisotopic (exact) mass is 304 g/mol. The van der Waals surface area contributed by atoms with Gasteiger partial charge in [-0.3, -0.25) is 0 Å². The molecule has 3 unspecified atom stereocenters. The van der Waals surface area contributed by atoms with Crippen LogP contribution in [0.4, 0.5) is 5.69 Å². The van der Waals surface area contributed by atoms with Crippen LogP contribution < -0.4 is 15.0 Å². The van der Waals surface area contributed by atoms with E-state index in [0.717, 1.165) is 62.3 Å². The van der Waals surface area contributed by atoms with Crippen molar-refractivity contribution in [3.05, 3.63) is 23.8 Å². The van der Waals surface area contributed by atoms with Gasteiger partial charge in [0.25, 0.3) is 0 Å². The average molecular weight is 304 g/mol. The zero-order valence-electron chi connectivity index (χ0n) is 13.7. The molecular weight excluding hydrogens is 276 g/mol. The number of fused-ring (bicyclic) bond motifs is 1. The van der Waals surface area contributed by atoms with E-state index < -0.39 is 6.10 Å². The van der Waals surface area contributed by atoms with Gasteiger partial charge in [0.05, 0.1) is 18.3 Å². The summed E-state index contributed by atoms with van der Waals surface area (Å²) < 4.78 is 6.08. The second-order valence-corrected chi connectivity index (χ2v) is 6.47. The first kappa shape index (κ1) is 15.6. The first-order chi connectivity index (χ1) is 10.7. The van der Waals surface area contributed by atoms with Gasteiger partial charge in [-0.05, 0) is 49.9 Å². The molecule has 4 nitrogen and oxygen atoms in total. The molecule has 4 heteroatoms. The Hall–Kier alpha value is -1.26. The van der Waals surface area contributed by atoms with Gasteiger partial charge in [-0.1, -0.05) is 19.9 Å². The van der Waals surface area contributed by atoms with Crippen LogP contribution in [-0.2, 0) is 0 Å². The van der Waals surface area contributed by atoms with E-state index in [9.17, 15) is 5.11 Å². The van der Waals surface area contributed by atoms with Crippen LogP contribution in [0.2, 0.25) is 0 Å². The van der Waals surface area contributed by atoms with Crippen LogP contribution in [0.5, 0.6) is 5.75 Å². The Morgan fingerprint density at radius 3 is 2.95 bits per heavy atom. The van der Waals surface area contributed by atoms with Gasteiger partial charge >= 0.3 is 0 Å². The Morgan fingerprint density at radius 2 is 2.27 bits per heavy atom. The van der Waals surface area contributed by atoms with Crippen molar-refractivity contribution in [3.8, 4) is 5.75 Å². The van der Waals surface area contributed by atoms with Crippen molar-refractivity contribution in [2.45, 2.75) is 57.8 Å². The zero-order valence-corrected chi connectivity index (χ0v) is 13.7. The number of aliphatic hydroxyl groups excluding tert-OH is 1. The lowest BCUT2D eigenvalue weighted by atomic mass is 9.99. The van der Waals surface area contributed by atoms with Gasteiger partial charge in [0, 0.05) is 12.6 Å². The van der Waals surface area contributed by atoms with E-state index in [1.807, 2.05) is 12.1 Å². The number of hydrogen-bond acceptors (Lipinski definition) is 4. The lowest BCUT2D eigenvalue weighted by Gasteiger charge is -2.36. The standard InChI is InChI=1S/C18H28N2O2/c1-3-10-20-12-14(4-2)22-17-8-7-13(11-16(17)20)18(21)15-6-5-9-19-15/h7-8,11,14-15,18-19,21H,3-6,9-10,12H2,1-2H3. The lowest BCUT2D eigenvalue weighted by Crippen LogP contribution is -2.40. The Morgan fingerprint density at radius 1 is 1.41 bits per heavy atom. The number of nitrogens with zero attached hydrogens (tertiary/aromatic N) is 1. The van der Waals surface area contributed by atoms with Crippen molar-refractivity contribution in [2.75, 3.05) is 24.5 Å². The third-order valence-corrected chi connectivity index (χ3v) is 4.81. The highest BCUT2D eigenvalue weighted by Crippen LogP contribution is 2.37. The van der Waals surface area contributed by atoms with Crippen LogP contribution in [0, 0.1) is 0 Å². The molecule has 2 aliphatic rings. The highest BCUT2D eigenvalue weighted by atomic mass is 16.5. The minimum Gasteiger partial charge on any atom is -0.486 e. The summed E-state index contributed by atoms with van der Waals surface area (Å²) in [7, 11) is 0. The molecule has 1 aromatic carbocycles. The molecule has 122 valence electrons. The molecule has 0 radical (unpaired) electrons. The Bertz CT molecular complexity index is 500. The number of rotatable bonds is 5. The third-order valence-electron chi connectivity index (χ3n) is 4.81. The first-order valence-electron chi connectivity index (χ1n) is 8.70. The molecule has 3 rings (SSSR count). The fourth-order valence-electron chi connectivity index (χ4n) is 3.53. The van der Waals surface area contributed by atoms with Gasteiger partial charge in [0.15, 0.2) is 0 Å². The van der Waals surface area contributed by atoms with Gasteiger partial charge in [0.1, 0.15) is 11.9 Å². The smallest absolute Gasteiger partial charge is 0.143 e. The summed E-state index contributed by atoms with van der Waals surface area (Å²) in [5, 5.41) is 14.0. The van der Waals surface area contributed by atoms with Crippen LogP contribution in [0.25, 0.3) is 0 Å². The molecule has 0 amide bonds. The predicted molar refractivity (Wildman–Crippen MR) is 89.6 cm³/mol. The molecule has 2 N–H and O–H groups in total. The van der Waals surface area contributed by atoms with E-state index in [1.54, 1.807) is 0 Å². The average Bonchev–Trinajstić information content (AvgIpc) is 3.08. The van der Waals surface area contributed by atoms with Crippen LogP contribution in [0.1, 0.15) is 51.2 Å². The van der Waals surface area contributed by atoms with Crippen LogP contribution in [0.3, 0.4) is 0 Å². The third kappa shape index (κ3) is 3.08. The van der Waals surface area contributed by atoms with E-state index in [-0.39, 0.29) is 12.1 Å². The van der Waals surface area contributed by atoms with Gasteiger partial charge in [-0.25, -0.2) is 0 Å². The molecule has 1 saturated heterocycles. The van der Waals surface area contributed by atoms with E-state index in [2.05, 4.69) is 30.1 Å². The van der Waals surface area contributed by atoms with Crippen molar-refractivity contribution >= 4 is 5.69 Å². The second-order valence-electron chi connectivity index (χ2n) is 6.47. The molecule has 3 atom stereocenters. The number of benzene rings is 1. The van der Waals surface area contributed by atoms with Crippen molar-refractivity contribution in [1.29, 1.82) is 0 Å². The summed E-state index contributed by atoms with van der Waals surface area (Å²) in [6, 6.07) is 6.37. The zero-order chi connectivity index (χ0) is 15.5. The summed E-state index contributed by atoms with van der Waals surface area (Å²) in [5.74, 6) is 0.960. The Kier molecular flexibility index (Phi) is 4.89. The summed E-state index contributed by atoms with van der Waals surface area (Å²) in [6.07, 6.45) is 4.18. The molecule has 0 saturated carbocycles. The molecule has 1 aromatic rings. The van der Waals surface area contributed by atoms with Gasteiger partial charge in [-0.15, -0.1) is 0 Å². The Balaban J connectivity index is 1.85. The van der Waals surface area contributed by atoms with Crippen molar-refractivity contribution in [1.82, 2.24) is 5.32 Å². The molecular formula is C18H28N2O2. The maximum atomic E-state index is 10.6. The first-order valence-corrected chi connectivity index (χ1v) is 8.70. The number of anilines is 1. The summed E-state index contributed by atoms with van der Waals surface area (Å²) >= 11 is 0. The molecule has 2 heterocycles.